The van der Waals surface area contributed by atoms with Crippen molar-refractivity contribution in [3.63, 3.8) is 0 Å². The second kappa shape index (κ2) is 5.62. The van der Waals surface area contributed by atoms with Gasteiger partial charge in [0, 0.05) is 12.6 Å². The maximum Gasteiger partial charge on any atom is 0.313 e. The molecular formula is C11H12BrFN2O3. The standard InChI is InChI=1S/C11H12BrFN2O3/c12-8-4-11(10(15(16)17)5-9(8)13)18-7-2-1-3-14-6-7/h4-5,7,14H,1-3,6H2/t7-/m0/s1. The molecule has 1 aliphatic rings. The summed E-state index contributed by atoms with van der Waals surface area (Å²) < 4.78 is 19.0. The molecule has 1 aliphatic heterocycles. The smallest absolute Gasteiger partial charge is 0.313 e. The number of nitrogens with one attached hydrogen (secondary N) is 1. The van der Waals surface area contributed by atoms with Gasteiger partial charge in [-0.3, -0.25) is 10.1 Å². The zero-order chi connectivity index (χ0) is 13.1. The third kappa shape index (κ3) is 2.97. The van der Waals surface area contributed by atoms with Crippen molar-refractivity contribution in [3.8, 4) is 5.75 Å². The van der Waals surface area contributed by atoms with Crippen LogP contribution in [0.4, 0.5) is 10.1 Å². The molecule has 1 fully saturated rings. The molecule has 5 nitrogen and oxygen atoms in total. The molecule has 0 spiro atoms. The van der Waals surface area contributed by atoms with Gasteiger partial charge in [0.1, 0.15) is 11.9 Å². The zero-order valence-corrected chi connectivity index (χ0v) is 11.1. The van der Waals surface area contributed by atoms with E-state index in [2.05, 4.69) is 21.2 Å². The fourth-order valence-corrected chi connectivity index (χ4v) is 2.18. The Bertz CT molecular complexity index is 464. The van der Waals surface area contributed by atoms with E-state index in [1.54, 1.807) is 0 Å². The minimum atomic E-state index is -0.671. The van der Waals surface area contributed by atoms with Gasteiger partial charge in [0.2, 0.25) is 0 Å². The Morgan fingerprint density at radius 1 is 1.56 bits per heavy atom. The molecule has 1 N–H and O–H groups in total. The lowest BCUT2D eigenvalue weighted by molar-refractivity contribution is -0.386. The van der Waals surface area contributed by atoms with E-state index in [0.717, 1.165) is 25.5 Å². The van der Waals surface area contributed by atoms with E-state index in [1.165, 1.54) is 6.07 Å². The molecule has 1 aromatic carbocycles. The van der Waals surface area contributed by atoms with Crippen LogP contribution >= 0.6 is 15.9 Å². The van der Waals surface area contributed by atoms with Crippen molar-refractivity contribution in [3.05, 3.63) is 32.5 Å². The van der Waals surface area contributed by atoms with Crippen molar-refractivity contribution < 1.29 is 14.1 Å². The summed E-state index contributed by atoms with van der Waals surface area (Å²) in [5.74, 6) is -0.571. The zero-order valence-electron chi connectivity index (χ0n) is 9.49. The first-order chi connectivity index (χ1) is 8.58. The number of ether oxygens (including phenoxy) is 1. The van der Waals surface area contributed by atoms with Gasteiger partial charge in [0.05, 0.1) is 15.5 Å². The van der Waals surface area contributed by atoms with Gasteiger partial charge in [-0.1, -0.05) is 0 Å². The summed E-state index contributed by atoms with van der Waals surface area (Å²) in [6.45, 7) is 1.57. The SMILES string of the molecule is O=[N+]([O-])c1cc(F)c(Br)cc1O[C@H]1CCCNC1. The number of benzene rings is 1. The molecule has 0 aromatic heterocycles. The molecule has 1 heterocycles. The van der Waals surface area contributed by atoms with Gasteiger partial charge < -0.3 is 10.1 Å². The normalized spacial score (nSPS) is 19.6. The van der Waals surface area contributed by atoms with Crippen LogP contribution in [0.5, 0.6) is 5.75 Å². The van der Waals surface area contributed by atoms with Crippen molar-refractivity contribution >= 4 is 21.6 Å². The molecule has 7 heteroatoms. The minimum absolute atomic E-state index is 0.0991. The van der Waals surface area contributed by atoms with E-state index >= 15 is 0 Å². The quantitative estimate of drug-likeness (QED) is 0.687. The Morgan fingerprint density at radius 2 is 2.33 bits per heavy atom. The molecule has 0 radical (unpaired) electrons. The summed E-state index contributed by atoms with van der Waals surface area (Å²) in [7, 11) is 0. The molecule has 0 aliphatic carbocycles. The van der Waals surface area contributed by atoms with E-state index in [4.69, 9.17) is 4.74 Å². The maximum absolute atomic E-state index is 13.3. The third-order valence-corrected chi connectivity index (χ3v) is 3.35. The third-order valence-electron chi connectivity index (χ3n) is 2.74. The van der Waals surface area contributed by atoms with Gasteiger partial charge in [-0.25, -0.2) is 4.39 Å². The van der Waals surface area contributed by atoms with Gasteiger partial charge in [-0.15, -0.1) is 0 Å². The minimum Gasteiger partial charge on any atom is -0.482 e. The average molecular weight is 319 g/mol. The molecule has 0 bridgehead atoms. The highest BCUT2D eigenvalue weighted by molar-refractivity contribution is 9.10. The van der Waals surface area contributed by atoms with Crippen LogP contribution in [0.1, 0.15) is 12.8 Å². The molecular weight excluding hydrogens is 307 g/mol. The average Bonchev–Trinajstić information content (AvgIpc) is 2.34. The lowest BCUT2D eigenvalue weighted by Crippen LogP contribution is -2.37. The number of nitrogens with zero attached hydrogens (tertiary/aromatic N) is 1. The first kappa shape index (κ1) is 13.2. The molecule has 0 saturated carbocycles. The molecule has 0 unspecified atom stereocenters. The monoisotopic (exact) mass is 318 g/mol. The van der Waals surface area contributed by atoms with E-state index in [9.17, 15) is 14.5 Å². The van der Waals surface area contributed by atoms with Crippen LogP contribution < -0.4 is 10.1 Å². The predicted octanol–water partition coefficient (Wildman–Crippen LogP) is 2.63. The number of hydrogen-bond donors (Lipinski definition) is 1. The van der Waals surface area contributed by atoms with Crippen LogP contribution in [0.2, 0.25) is 0 Å². The Kier molecular flexibility index (Phi) is 4.13. The van der Waals surface area contributed by atoms with E-state index in [-0.39, 0.29) is 22.0 Å². The topological polar surface area (TPSA) is 64.4 Å². The van der Waals surface area contributed by atoms with E-state index in [1.807, 2.05) is 0 Å². The number of rotatable bonds is 3. The summed E-state index contributed by atoms with van der Waals surface area (Å²) in [6, 6.07) is 2.18. The molecule has 1 atom stereocenters. The second-order valence-corrected chi connectivity index (χ2v) is 4.93. The van der Waals surface area contributed by atoms with Crippen LogP contribution in [0.25, 0.3) is 0 Å². The highest BCUT2D eigenvalue weighted by atomic mass is 79.9. The van der Waals surface area contributed by atoms with Gasteiger partial charge >= 0.3 is 5.69 Å². The van der Waals surface area contributed by atoms with Gasteiger partial charge in [0.25, 0.3) is 0 Å². The maximum atomic E-state index is 13.3. The Morgan fingerprint density at radius 3 is 2.94 bits per heavy atom. The fraction of sp³-hybridized carbons (Fsp3) is 0.455. The van der Waals surface area contributed by atoms with Crippen molar-refractivity contribution in [2.24, 2.45) is 0 Å². The van der Waals surface area contributed by atoms with Crippen molar-refractivity contribution in [1.29, 1.82) is 0 Å². The molecule has 98 valence electrons. The Labute approximate surface area is 112 Å². The number of piperidine rings is 1. The summed E-state index contributed by atoms with van der Waals surface area (Å²) in [6.07, 6.45) is 1.68. The summed E-state index contributed by atoms with van der Waals surface area (Å²) in [5.41, 5.74) is -0.346. The first-order valence-corrected chi connectivity index (χ1v) is 6.38. The summed E-state index contributed by atoms with van der Waals surface area (Å²) in [5, 5.41) is 14.0. The van der Waals surface area contributed by atoms with Gasteiger partial charge in [-0.05, 0) is 35.3 Å². The Balaban J connectivity index is 2.24. The first-order valence-electron chi connectivity index (χ1n) is 5.58. The molecule has 2 rings (SSSR count). The van der Waals surface area contributed by atoms with Crippen LogP contribution in [-0.4, -0.2) is 24.1 Å². The number of nitro benzene ring substituents is 1. The lowest BCUT2D eigenvalue weighted by atomic mass is 10.1. The summed E-state index contributed by atoms with van der Waals surface area (Å²) in [4.78, 5) is 10.2. The summed E-state index contributed by atoms with van der Waals surface area (Å²) >= 11 is 3.00. The largest absolute Gasteiger partial charge is 0.482 e. The van der Waals surface area contributed by atoms with E-state index in [0.29, 0.717) is 6.54 Å². The number of halogens is 2. The molecule has 1 aromatic rings. The van der Waals surface area contributed by atoms with Crippen LogP contribution in [0.3, 0.4) is 0 Å². The Hall–Kier alpha value is -1.21. The molecule has 1 saturated heterocycles. The van der Waals surface area contributed by atoms with Crippen LogP contribution in [0.15, 0.2) is 16.6 Å². The van der Waals surface area contributed by atoms with Crippen molar-refractivity contribution in [1.82, 2.24) is 5.32 Å². The van der Waals surface area contributed by atoms with Gasteiger partial charge in [0.15, 0.2) is 5.75 Å². The number of hydrogen-bond acceptors (Lipinski definition) is 4. The highest BCUT2D eigenvalue weighted by Gasteiger charge is 2.23. The lowest BCUT2D eigenvalue weighted by Gasteiger charge is -2.23. The molecule has 0 amide bonds. The van der Waals surface area contributed by atoms with Crippen molar-refractivity contribution in [2.45, 2.75) is 18.9 Å². The molecule has 18 heavy (non-hydrogen) atoms. The fourth-order valence-electron chi connectivity index (χ4n) is 1.86. The van der Waals surface area contributed by atoms with Crippen LogP contribution in [-0.2, 0) is 0 Å². The highest BCUT2D eigenvalue weighted by Crippen LogP contribution is 2.33. The number of nitro groups is 1. The van der Waals surface area contributed by atoms with Gasteiger partial charge in [-0.2, -0.15) is 0 Å². The predicted molar refractivity (Wildman–Crippen MR) is 67.3 cm³/mol. The van der Waals surface area contributed by atoms with Crippen molar-refractivity contribution in [2.75, 3.05) is 13.1 Å². The second-order valence-electron chi connectivity index (χ2n) is 4.08. The van der Waals surface area contributed by atoms with E-state index < -0.39 is 10.7 Å². The van der Waals surface area contributed by atoms with Crippen LogP contribution in [0, 0.1) is 15.9 Å².